The van der Waals surface area contributed by atoms with Gasteiger partial charge in [0, 0.05) is 5.56 Å². The summed E-state index contributed by atoms with van der Waals surface area (Å²) in [6, 6.07) is 14.2. The molecule has 0 radical (unpaired) electrons. The molecule has 0 saturated heterocycles. The second-order valence-electron chi connectivity index (χ2n) is 7.31. The van der Waals surface area contributed by atoms with Crippen molar-refractivity contribution in [3.8, 4) is 5.75 Å². The summed E-state index contributed by atoms with van der Waals surface area (Å²) in [6.45, 7) is 7.37. The van der Waals surface area contributed by atoms with E-state index < -0.39 is 0 Å². The molecule has 0 fully saturated rings. The summed E-state index contributed by atoms with van der Waals surface area (Å²) in [5.41, 5.74) is 4.90. The fraction of sp³-hybridized carbons (Fsp3) is 0.458. The zero-order valence-corrected chi connectivity index (χ0v) is 16.5. The van der Waals surface area contributed by atoms with Crippen LogP contribution in [0.3, 0.4) is 0 Å². The van der Waals surface area contributed by atoms with Gasteiger partial charge < -0.3 is 4.74 Å². The molecule has 0 bridgehead atoms. The highest BCUT2D eigenvalue weighted by Gasteiger charge is 2.10. The van der Waals surface area contributed by atoms with Gasteiger partial charge in [-0.15, -0.1) is 0 Å². The van der Waals surface area contributed by atoms with Crippen molar-refractivity contribution >= 4 is 6.29 Å². The number of rotatable bonds is 11. The van der Waals surface area contributed by atoms with Gasteiger partial charge in [0.1, 0.15) is 12.0 Å². The summed E-state index contributed by atoms with van der Waals surface area (Å²) in [7, 11) is 0. The number of benzene rings is 2. The van der Waals surface area contributed by atoms with Crippen LogP contribution in [0, 0.1) is 19.8 Å². The third-order valence-corrected chi connectivity index (χ3v) is 5.10. The number of carbonyl (C=O) groups excluding carboxylic acids is 1. The molecule has 2 heteroatoms. The smallest absolute Gasteiger partial charge is 0.150 e. The molecule has 0 aliphatic carbocycles. The molecular weight excluding hydrogens is 320 g/mol. The molecule has 140 valence electrons. The highest BCUT2D eigenvalue weighted by molar-refractivity contribution is 5.74. The lowest BCUT2D eigenvalue weighted by molar-refractivity contribution is 0.112. The van der Waals surface area contributed by atoms with Crippen molar-refractivity contribution in [2.45, 2.75) is 59.3 Å². The fourth-order valence-corrected chi connectivity index (χ4v) is 3.31. The SMILES string of the molecule is CCCC[C@@H](CCCOc1ccc(C=O)cc1)Cc1ccc(C)c(C)c1. The zero-order valence-electron chi connectivity index (χ0n) is 16.5. The summed E-state index contributed by atoms with van der Waals surface area (Å²) in [5, 5.41) is 0. The molecule has 0 aliphatic heterocycles. The normalized spacial score (nSPS) is 12.0. The van der Waals surface area contributed by atoms with Gasteiger partial charge in [-0.05, 0) is 80.0 Å². The maximum atomic E-state index is 10.7. The Morgan fingerprint density at radius 3 is 2.35 bits per heavy atom. The van der Waals surface area contributed by atoms with Crippen molar-refractivity contribution < 1.29 is 9.53 Å². The van der Waals surface area contributed by atoms with Crippen LogP contribution in [0.15, 0.2) is 42.5 Å². The Labute approximate surface area is 158 Å². The van der Waals surface area contributed by atoms with Gasteiger partial charge in [-0.25, -0.2) is 0 Å². The summed E-state index contributed by atoms with van der Waals surface area (Å²) in [4.78, 5) is 10.7. The van der Waals surface area contributed by atoms with Crippen molar-refractivity contribution in [2.75, 3.05) is 6.61 Å². The molecule has 2 aromatic rings. The van der Waals surface area contributed by atoms with Crippen LogP contribution in [0.25, 0.3) is 0 Å². The molecule has 0 amide bonds. The molecule has 0 aliphatic rings. The predicted octanol–water partition coefficient (Wildman–Crippen LogP) is 6.32. The van der Waals surface area contributed by atoms with Crippen molar-refractivity contribution in [1.82, 2.24) is 0 Å². The molecule has 0 saturated carbocycles. The molecule has 2 aromatic carbocycles. The first kappa shape index (κ1) is 20.2. The summed E-state index contributed by atoms with van der Waals surface area (Å²) in [5.74, 6) is 1.56. The number of ether oxygens (including phenoxy) is 1. The van der Waals surface area contributed by atoms with E-state index in [1.54, 1.807) is 12.1 Å². The fourth-order valence-electron chi connectivity index (χ4n) is 3.31. The Morgan fingerprint density at radius 1 is 0.962 bits per heavy atom. The standard InChI is InChI=1S/C24H32O2/c1-4-5-7-21(17-23-10-9-19(2)20(3)16-23)8-6-15-26-24-13-11-22(18-25)12-14-24/h9-14,16,18,21H,4-8,15,17H2,1-3H3/t21-/m0/s1. The molecule has 26 heavy (non-hydrogen) atoms. The lowest BCUT2D eigenvalue weighted by Gasteiger charge is -2.18. The highest BCUT2D eigenvalue weighted by Crippen LogP contribution is 2.22. The van der Waals surface area contributed by atoms with E-state index in [1.165, 1.54) is 42.4 Å². The van der Waals surface area contributed by atoms with Gasteiger partial charge in [-0.1, -0.05) is 44.4 Å². The lowest BCUT2D eigenvalue weighted by atomic mass is 9.89. The van der Waals surface area contributed by atoms with Gasteiger partial charge in [0.15, 0.2) is 0 Å². The van der Waals surface area contributed by atoms with Crippen LogP contribution in [-0.4, -0.2) is 12.9 Å². The van der Waals surface area contributed by atoms with Gasteiger partial charge in [0.25, 0.3) is 0 Å². The number of unbranched alkanes of at least 4 members (excludes halogenated alkanes) is 1. The van der Waals surface area contributed by atoms with Gasteiger partial charge in [-0.2, -0.15) is 0 Å². The Kier molecular flexibility index (Phi) is 8.40. The van der Waals surface area contributed by atoms with Crippen LogP contribution in [0.5, 0.6) is 5.75 Å². The topological polar surface area (TPSA) is 26.3 Å². The zero-order chi connectivity index (χ0) is 18.8. The van der Waals surface area contributed by atoms with Crippen LogP contribution >= 0.6 is 0 Å². The molecule has 0 unspecified atom stereocenters. The third-order valence-electron chi connectivity index (χ3n) is 5.10. The molecule has 2 nitrogen and oxygen atoms in total. The maximum absolute atomic E-state index is 10.7. The first-order chi connectivity index (χ1) is 12.6. The van der Waals surface area contributed by atoms with Crippen LogP contribution < -0.4 is 4.74 Å². The minimum absolute atomic E-state index is 0.686. The monoisotopic (exact) mass is 352 g/mol. The predicted molar refractivity (Wildman–Crippen MR) is 109 cm³/mol. The minimum Gasteiger partial charge on any atom is -0.494 e. The van der Waals surface area contributed by atoms with Gasteiger partial charge in [0.2, 0.25) is 0 Å². The average Bonchev–Trinajstić information content (AvgIpc) is 2.66. The Bertz CT molecular complexity index is 673. The quantitative estimate of drug-likeness (QED) is 0.349. The molecule has 1 atom stereocenters. The van der Waals surface area contributed by atoms with Gasteiger partial charge in [0.05, 0.1) is 6.61 Å². The Morgan fingerprint density at radius 2 is 1.69 bits per heavy atom. The van der Waals surface area contributed by atoms with Gasteiger partial charge >= 0.3 is 0 Å². The first-order valence-electron chi connectivity index (χ1n) is 9.86. The van der Waals surface area contributed by atoms with E-state index in [-0.39, 0.29) is 0 Å². The summed E-state index contributed by atoms with van der Waals surface area (Å²) < 4.78 is 5.83. The molecule has 0 aromatic heterocycles. The van der Waals surface area contributed by atoms with Gasteiger partial charge in [-0.3, -0.25) is 4.79 Å². The van der Waals surface area contributed by atoms with Crippen LogP contribution in [0.1, 0.15) is 66.1 Å². The molecule has 0 heterocycles. The van der Waals surface area contributed by atoms with E-state index in [9.17, 15) is 4.79 Å². The lowest BCUT2D eigenvalue weighted by Crippen LogP contribution is -2.08. The van der Waals surface area contributed by atoms with E-state index in [0.29, 0.717) is 5.56 Å². The second-order valence-corrected chi connectivity index (χ2v) is 7.31. The van der Waals surface area contributed by atoms with Crippen molar-refractivity contribution in [3.05, 3.63) is 64.7 Å². The number of carbonyl (C=O) groups is 1. The van der Waals surface area contributed by atoms with Crippen LogP contribution in [0.2, 0.25) is 0 Å². The van der Waals surface area contributed by atoms with E-state index >= 15 is 0 Å². The number of aldehydes is 1. The van der Waals surface area contributed by atoms with E-state index in [4.69, 9.17) is 4.74 Å². The van der Waals surface area contributed by atoms with E-state index in [1.807, 2.05) is 12.1 Å². The van der Waals surface area contributed by atoms with Crippen molar-refractivity contribution in [1.29, 1.82) is 0 Å². The van der Waals surface area contributed by atoms with E-state index in [0.717, 1.165) is 37.4 Å². The number of aryl methyl sites for hydroxylation is 2. The van der Waals surface area contributed by atoms with Crippen molar-refractivity contribution in [2.24, 2.45) is 5.92 Å². The number of hydrogen-bond donors (Lipinski definition) is 0. The van der Waals surface area contributed by atoms with Crippen LogP contribution in [0.4, 0.5) is 0 Å². The third kappa shape index (κ3) is 6.67. The molecular formula is C24H32O2. The molecule has 0 N–H and O–H groups in total. The second kappa shape index (κ2) is 10.8. The van der Waals surface area contributed by atoms with E-state index in [2.05, 4.69) is 39.0 Å². The minimum atomic E-state index is 0.686. The summed E-state index contributed by atoms with van der Waals surface area (Å²) in [6.07, 6.45) is 8.11. The average molecular weight is 353 g/mol. The Hall–Kier alpha value is -2.09. The first-order valence-corrected chi connectivity index (χ1v) is 9.86. The molecule has 2 rings (SSSR count). The largest absolute Gasteiger partial charge is 0.494 e. The van der Waals surface area contributed by atoms with Crippen molar-refractivity contribution in [3.63, 3.8) is 0 Å². The summed E-state index contributed by atoms with van der Waals surface area (Å²) >= 11 is 0. The van der Waals surface area contributed by atoms with Crippen LogP contribution in [-0.2, 0) is 6.42 Å². The highest BCUT2D eigenvalue weighted by atomic mass is 16.5. The maximum Gasteiger partial charge on any atom is 0.150 e. The Balaban J connectivity index is 1.82. The number of hydrogen-bond acceptors (Lipinski definition) is 2. The molecule has 0 spiro atoms.